The molecule has 0 heterocycles. The van der Waals surface area contributed by atoms with Gasteiger partial charge in [0.2, 0.25) is 5.39 Å². The van der Waals surface area contributed by atoms with Crippen LogP contribution in [0.3, 0.4) is 0 Å². The molecule has 0 unspecified atom stereocenters. The molecule has 4 rings (SSSR count). The van der Waals surface area contributed by atoms with Gasteiger partial charge in [-0.05, 0) is 73.5 Å². The van der Waals surface area contributed by atoms with Crippen molar-refractivity contribution in [2.24, 2.45) is 34.5 Å². The molecule has 0 spiro atoms. The molecule has 0 aromatic rings. The first-order valence-electron chi connectivity index (χ1n) is 10.9. The van der Waals surface area contributed by atoms with Crippen LogP contribution >= 0.6 is 0 Å². The second-order valence-corrected chi connectivity index (χ2v) is 10.1. The van der Waals surface area contributed by atoms with E-state index in [-0.39, 0.29) is 34.6 Å². The molecule has 28 heavy (non-hydrogen) atoms. The van der Waals surface area contributed by atoms with Crippen LogP contribution in [0.25, 0.3) is 4.98 Å². The number of carbonyl (C=O) groups excluding carboxylic acids is 1. The fourth-order valence-electron chi connectivity index (χ4n) is 7.60. The number of rotatable bonds is 2. The molecule has 0 aromatic carbocycles. The maximum atomic E-state index is 11.4. The van der Waals surface area contributed by atoms with Gasteiger partial charge in [0, 0.05) is 19.3 Å². The highest BCUT2D eigenvalue weighted by molar-refractivity contribution is 5.66. The number of nitrogens with zero attached hydrogens (tertiary/aromatic N) is 2. The third kappa shape index (κ3) is 2.88. The zero-order valence-corrected chi connectivity index (χ0v) is 17.4. The van der Waals surface area contributed by atoms with Crippen LogP contribution in [0.15, 0.2) is 23.6 Å². The molecule has 5 heteroatoms. The van der Waals surface area contributed by atoms with E-state index < -0.39 is 0 Å². The predicted octanol–water partition coefficient (Wildman–Crippen LogP) is 5.75. The van der Waals surface area contributed by atoms with E-state index in [0.717, 1.165) is 44.9 Å². The monoisotopic (exact) mass is 385 g/mol. The number of hydrogen-bond donors (Lipinski definition) is 1. The molecule has 1 N–H and O–H groups in total. The summed E-state index contributed by atoms with van der Waals surface area (Å²) < 4.78 is 5.53. The fraction of sp³-hybridized carbons (Fsp3) is 0.783. The van der Waals surface area contributed by atoms with Crippen molar-refractivity contribution in [3.63, 3.8) is 0 Å². The zero-order valence-electron chi connectivity index (χ0n) is 17.4. The SMILES string of the molecule is CC(=O)O[C@H]1CC[C@@]2(C)C(=CC[C@@H]3[C@@H]4CC[C@H](C(O)=C[N+]#N)[C@@]4(C)CC[C@@H]32)C1. The summed E-state index contributed by atoms with van der Waals surface area (Å²) in [6.07, 6.45) is 12.2. The topological polar surface area (TPSA) is 74.7 Å². The Morgan fingerprint density at radius 1 is 1.25 bits per heavy atom. The number of fused-ring (bicyclic) bond motifs is 5. The van der Waals surface area contributed by atoms with Crippen LogP contribution in [0.4, 0.5) is 0 Å². The van der Waals surface area contributed by atoms with Crippen molar-refractivity contribution in [1.29, 1.82) is 5.39 Å². The quantitative estimate of drug-likeness (QED) is 0.284. The summed E-state index contributed by atoms with van der Waals surface area (Å²) in [6.45, 7) is 6.29. The molecule has 0 aliphatic heterocycles. The van der Waals surface area contributed by atoms with Gasteiger partial charge >= 0.3 is 12.2 Å². The van der Waals surface area contributed by atoms with E-state index in [0.29, 0.717) is 17.8 Å². The fourth-order valence-corrected chi connectivity index (χ4v) is 7.60. The highest BCUT2D eigenvalue weighted by atomic mass is 16.5. The molecule has 0 saturated heterocycles. The number of ether oxygens (including phenoxy) is 1. The molecular weight excluding hydrogens is 352 g/mol. The Morgan fingerprint density at radius 3 is 2.75 bits per heavy atom. The summed E-state index contributed by atoms with van der Waals surface area (Å²) in [6, 6.07) is 0. The number of carbonyl (C=O) groups is 1. The summed E-state index contributed by atoms with van der Waals surface area (Å²) in [5.41, 5.74) is 1.81. The van der Waals surface area contributed by atoms with E-state index in [1.807, 2.05) is 0 Å². The van der Waals surface area contributed by atoms with E-state index in [1.54, 1.807) is 0 Å². The van der Waals surface area contributed by atoms with Crippen LogP contribution in [0.1, 0.15) is 72.1 Å². The normalized spacial score (nSPS) is 45.1. The summed E-state index contributed by atoms with van der Waals surface area (Å²) in [5.74, 6) is 2.11. The molecule has 5 nitrogen and oxygen atoms in total. The smallest absolute Gasteiger partial charge is 0.387 e. The highest BCUT2D eigenvalue weighted by Crippen LogP contribution is 2.67. The van der Waals surface area contributed by atoms with Crippen molar-refractivity contribution in [3.05, 3.63) is 28.6 Å². The van der Waals surface area contributed by atoms with Gasteiger partial charge in [0.25, 0.3) is 0 Å². The van der Waals surface area contributed by atoms with Crippen molar-refractivity contribution in [3.8, 4) is 0 Å². The van der Waals surface area contributed by atoms with Gasteiger partial charge in [-0.15, -0.1) is 0 Å². The lowest BCUT2D eigenvalue weighted by molar-refractivity contribution is -0.148. The predicted molar refractivity (Wildman–Crippen MR) is 107 cm³/mol. The lowest BCUT2D eigenvalue weighted by Gasteiger charge is -2.58. The van der Waals surface area contributed by atoms with Gasteiger partial charge in [-0.3, -0.25) is 4.79 Å². The largest absolute Gasteiger partial charge is 0.505 e. The first kappa shape index (κ1) is 19.5. The average molecular weight is 386 g/mol. The molecule has 0 bridgehead atoms. The van der Waals surface area contributed by atoms with E-state index in [1.165, 1.54) is 25.1 Å². The molecule has 152 valence electrons. The Balaban J connectivity index is 1.58. The standard InChI is InChI=1S/C23H32N2O3/c1-14(26)28-16-8-10-22(2)15(12-16)4-5-17-18-6-7-20(21(27)13-25-24)23(18,3)11-9-19(17)22/h4,13,16-20H,5-12H2,1-3H3/p+1/t16-,17+,18-,19-,20+,22-,23-/m0/s1. The minimum Gasteiger partial charge on any atom is -0.505 e. The third-order valence-corrected chi connectivity index (χ3v) is 8.94. The van der Waals surface area contributed by atoms with Crippen LogP contribution in [0, 0.1) is 39.9 Å². The number of hydrogen-bond acceptors (Lipinski definition) is 4. The van der Waals surface area contributed by atoms with Gasteiger partial charge in [0.15, 0.2) is 10.7 Å². The minimum absolute atomic E-state index is 0.0439. The average Bonchev–Trinajstić information content (AvgIpc) is 2.99. The first-order chi connectivity index (χ1) is 13.3. The van der Waals surface area contributed by atoms with Gasteiger partial charge < -0.3 is 9.84 Å². The number of aliphatic hydroxyl groups is 1. The Hall–Kier alpha value is -1.83. The number of esters is 1. The molecule has 3 saturated carbocycles. The summed E-state index contributed by atoms with van der Waals surface area (Å²) in [7, 11) is 0. The van der Waals surface area contributed by atoms with E-state index in [4.69, 9.17) is 10.1 Å². The highest BCUT2D eigenvalue weighted by Gasteiger charge is 2.59. The first-order valence-corrected chi connectivity index (χ1v) is 10.9. The summed E-state index contributed by atoms with van der Waals surface area (Å²) in [5, 5.41) is 19.3. The minimum atomic E-state index is -0.171. The van der Waals surface area contributed by atoms with E-state index >= 15 is 0 Å². The van der Waals surface area contributed by atoms with Gasteiger partial charge in [-0.2, -0.15) is 0 Å². The lowest BCUT2D eigenvalue weighted by Crippen LogP contribution is -2.50. The van der Waals surface area contributed by atoms with Gasteiger partial charge in [0.1, 0.15) is 6.10 Å². The van der Waals surface area contributed by atoms with Crippen molar-refractivity contribution >= 4 is 5.97 Å². The van der Waals surface area contributed by atoms with Crippen molar-refractivity contribution in [2.75, 3.05) is 0 Å². The van der Waals surface area contributed by atoms with Gasteiger partial charge in [0.05, 0.1) is 0 Å². The second-order valence-electron chi connectivity index (χ2n) is 10.1. The van der Waals surface area contributed by atoms with Crippen LogP contribution in [0.2, 0.25) is 0 Å². The number of diazo groups is 1. The molecule has 7 atom stereocenters. The Kier molecular flexibility index (Phi) is 4.80. The Morgan fingerprint density at radius 2 is 2.04 bits per heavy atom. The molecule has 4 aliphatic rings. The van der Waals surface area contributed by atoms with Crippen molar-refractivity contribution in [1.82, 2.24) is 0 Å². The zero-order chi connectivity index (χ0) is 20.1. The molecule has 3 fully saturated rings. The summed E-state index contributed by atoms with van der Waals surface area (Å²) >= 11 is 0. The van der Waals surface area contributed by atoms with Crippen LogP contribution in [0.5, 0.6) is 0 Å². The molecular formula is C23H33N2O3+. The Bertz CT molecular complexity index is 766. The molecule has 4 aliphatic carbocycles. The Labute approximate surface area is 167 Å². The molecule has 0 amide bonds. The molecule has 0 aromatic heterocycles. The lowest BCUT2D eigenvalue weighted by atomic mass is 9.47. The second kappa shape index (κ2) is 6.90. The van der Waals surface area contributed by atoms with E-state index in [9.17, 15) is 9.90 Å². The number of allylic oxidation sites excluding steroid dienone is 2. The number of aliphatic hydroxyl groups excluding tert-OH is 1. The maximum absolute atomic E-state index is 11.4. The summed E-state index contributed by atoms with van der Waals surface area (Å²) in [4.78, 5) is 14.4. The molecule has 0 radical (unpaired) electrons. The van der Waals surface area contributed by atoms with Crippen LogP contribution < -0.4 is 0 Å². The van der Waals surface area contributed by atoms with Gasteiger partial charge in [-0.25, -0.2) is 0 Å². The van der Waals surface area contributed by atoms with Crippen molar-refractivity contribution < 1.29 is 14.6 Å². The maximum Gasteiger partial charge on any atom is 0.387 e. The third-order valence-electron chi connectivity index (χ3n) is 8.94. The van der Waals surface area contributed by atoms with Crippen molar-refractivity contribution in [2.45, 2.75) is 78.2 Å². The van der Waals surface area contributed by atoms with Crippen LogP contribution in [-0.4, -0.2) is 17.2 Å². The van der Waals surface area contributed by atoms with Crippen LogP contribution in [-0.2, 0) is 9.53 Å². The van der Waals surface area contributed by atoms with Gasteiger partial charge in [-0.1, -0.05) is 25.5 Å². The van der Waals surface area contributed by atoms with E-state index in [2.05, 4.69) is 24.9 Å².